The first-order valence-corrected chi connectivity index (χ1v) is 9.74. The molecule has 2 rings (SSSR count). The van der Waals surface area contributed by atoms with Crippen molar-refractivity contribution in [1.29, 1.82) is 0 Å². The van der Waals surface area contributed by atoms with Crippen molar-refractivity contribution >= 4 is 15.9 Å². The summed E-state index contributed by atoms with van der Waals surface area (Å²) in [5.74, 6) is 0.259. The van der Waals surface area contributed by atoms with Crippen LogP contribution in [-0.4, -0.2) is 60.0 Å². The van der Waals surface area contributed by atoms with Gasteiger partial charge in [-0.2, -0.15) is 4.31 Å². The van der Waals surface area contributed by atoms with Crippen molar-refractivity contribution in [1.82, 2.24) is 13.8 Å². The molecule has 1 aromatic heterocycles. The van der Waals surface area contributed by atoms with Crippen molar-refractivity contribution in [3.8, 4) is 0 Å². The van der Waals surface area contributed by atoms with Crippen LogP contribution < -0.4 is 0 Å². The Bertz CT molecular complexity index is 671. The van der Waals surface area contributed by atoms with Crippen molar-refractivity contribution < 1.29 is 13.2 Å². The third-order valence-corrected chi connectivity index (χ3v) is 6.74. The Hall–Kier alpha value is -1.34. The SMILES string of the molecule is CCCS(=O)(=O)N1CCN(C(=O)Cc2cc(C)n(C)c2C)CC1. The zero-order valence-corrected chi connectivity index (χ0v) is 15.3. The van der Waals surface area contributed by atoms with Crippen molar-refractivity contribution in [3.05, 3.63) is 23.0 Å². The molecular weight excluding hydrogens is 314 g/mol. The zero-order chi connectivity index (χ0) is 17.2. The van der Waals surface area contributed by atoms with E-state index in [-0.39, 0.29) is 11.7 Å². The number of rotatable bonds is 5. The molecule has 7 heteroatoms. The van der Waals surface area contributed by atoms with Crippen LogP contribution in [0.25, 0.3) is 0 Å². The van der Waals surface area contributed by atoms with Gasteiger partial charge in [-0.1, -0.05) is 6.92 Å². The second-order valence-corrected chi connectivity index (χ2v) is 8.32. The van der Waals surface area contributed by atoms with E-state index in [1.807, 2.05) is 27.8 Å². The Labute approximate surface area is 139 Å². The summed E-state index contributed by atoms with van der Waals surface area (Å²) in [7, 11) is -1.16. The maximum atomic E-state index is 12.5. The molecule has 1 saturated heterocycles. The Morgan fingerprint density at radius 2 is 1.78 bits per heavy atom. The molecule has 0 unspecified atom stereocenters. The minimum absolute atomic E-state index is 0.0752. The van der Waals surface area contributed by atoms with Crippen LogP contribution in [0.15, 0.2) is 6.07 Å². The maximum Gasteiger partial charge on any atom is 0.227 e. The summed E-state index contributed by atoms with van der Waals surface area (Å²) in [6.45, 7) is 7.67. The molecule has 0 spiro atoms. The van der Waals surface area contributed by atoms with E-state index in [1.165, 1.54) is 4.31 Å². The van der Waals surface area contributed by atoms with E-state index in [0.29, 0.717) is 39.0 Å². The standard InChI is InChI=1S/C16H27N3O3S/c1-5-10-23(21,22)19-8-6-18(7-9-19)16(20)12-15-11-13(2)17(4)14(15)3/h11H,5-10,12H2,1-4H3. The molecule has 130 valence electrons. The lowest BCUT2D eigenvalue weighted by molar-refractivity contribution is -0.131. The number of hydrogen-bond donors (Lipinski definition) is 0. The molecule has 1 fully saturated rings. The molecule has 2 heterocycles. The van der Waals surface area contributed by atoms with Crippen LogP contribution in [0.1, 0.15) is 30.3 Å². The van der Waals surface area contributed by atoms with Gasteiger partial charge >= 0.3 is 0 Å². The van der Waals surface area contributed by atoms with Gasteiger partial charge in [0.2, 0.25) is 15.9 Å². The van der Waals surface area contributed by atoms with Gasteiger partial charge in [0.15, 0.2) is 0 Å². The highest BCUT2D eigenvalue weighted by atomic mass is 32.2. The van der Waals surface area contributed by atoms with Gasteiger partial charge in [-0.15, -0.1) is 0 Å². The minimum Gasteiger partial charge on any atom is -0.352 e. The van der Waals surface area contributed by atoms with E-state index in [2.05, 4.69) is 10.6 Å². The summed E-state index contributed by atoms with van der Waals surface area (Å²) in [5.41, 5.74) is 3.30. The Morgan fingerprint density at radius 3 is 2.26 bits per heavy atom. The van der Waals surface area contributed by atoms with E-state index in [0.717, 1.165) is 17.0 Å². The number of carbonyl (C=O) groups is 1. The lowest BCUT2D eigenvalue weighted by Crippen LogP contribution is -2.51. The van der Waals surface area contributed by atoms with Gasteiger partial charge in [0.25, 0.3) is 0 Å². The number of nitrogens with zero attached hydrogens (tertiary/aromatic N) is 3. The lowest BCUT2D eigenvalue weighted by atomic mass is 10.1. The highest BCUT2D eigenvalue weighted by Crippen LogP contribution is 2.16. The summed E-state index contributed by atoms with van der Waals surface area (Å²) >= 11 is 0. The van der Waals surface area contributed by atoms with Gasteiger partial charge in [-0.3, -0.25) is 4.79 Å². The fraction of sp³-hybridized carbons (Fsp3) is 0.688. The molecule has 1 amide bonds. The van der Waals surface area contributed by atoms with Crippen molar-refractivity contribution in [3.63, 3.8) is 0 Å². The maximum absolute atomic E-state index is 12.5. The van der Waals surface area contributed by atoms with Gasteiger partial charge in [0, 0.05) is 44.6 Å². The lowest BCUT2D eigenvalue weighted by Gasteiger charge is -2.34. The van der Waals surface area contributed by atoms with E-state index in [9.17, 15) is 13.2 Å². The molecule has 1 aliphatic rings. The Morgan fingerprint density at radius 1 is 1.17 bits per heavy atom. The van der Waals surface area contributed by atoms with E-state index < -0.39 is 10.0 Å². The molecular formula is C16H27N3O3S. The summed E-state index contributed by atoms with van der Waals surface area (Å²) in [6.07, 6.45) is 1.00. The number of amides is 1. The molecule has 0 aliphatic carbocycles. The number of aromatic nitrogens is 1. The monoisotopic (exact) mass is 341 g/mol. The molecule has 1 aromatic rings. The van der Waals surface area contributed by atoms with Crippen LogP contribution in [0.5, 0.6) is 0 Å². The summed E-state index contributed by atoms with van der Waals surface area (Å²) in [6, 6.07) is 2.05. The van der Waals surface area contributed by atoms with Crippen LogP contribution in [0, 0.1) is 13.8 Å². The predicted octanol–water partition coefficient (Wildman–Crippen LogP) is 1.07. The van der Waals surface area contributed by atoms with E-state index in [1.54, 1.807) is 4.90 Å². The molecule has 0 N–H and O–H groups in total. The highest BCUT2D eigenvalue weighted by Gasteiger charge is 2.28. The van der Waals surface area contributed by atoms with Gasteiger partial charge in [0.05, 0.1) is 12.2 Å². The van der Waals surface area contributed by atoms with Gasteiger partial charge < -0.3 is 9.47 Å². The Balaban J connectivity index is 1.95. The highest BCUT2D eigenvalue weighted by molar-refractivity contribution is 7.89. The van der Waals surface area contributed by atoms with Gasteiger partial charge in [-0.05, 0) is 31.9 Å². The zero-order valence-electron chi connectivity index (χ0n) is 14.5. The third-order valence-electron chi connectivity index (χ3n) is 4.67. The average molecular weight is 341 g/mol. The molecule has 1 aliphatic heterocycles. The summed E-state index contributed by atoms with van der Waals surface area (Å²) < 4.78 is 27.7. The number of piperazine rings is 1. The van der Waals surface area contributed by atoms with Crippen LogP contribution in [0.4, 0.5) is 0 Å². The first-order chi connectivity index (χ1) is 10.8. The quantitative estimate of drug-likeness (QED) is 0.805. The molecule has 0 atom stereocenters. The van der Waals surface area contributed by atoms with Crippen molar-refractivity contribution in [2.45, 2.75) is 33.6 Å². The van der Waals surface area contributed by atoms with Crippen LogP contribution >= 0.6 is 0 Å². The third kappa shape index (κ3) is 3.95. The van der Waals surface area contributed by atoms with Crippen molar-refractivity contribution in [2.75, 3.05) is 31.9 Å². The van der Waals surface area contributed by atoms with E-state index >= 15 is 0 Å². The minimum atomic E-state index is -3.16. The largest absolute Gasteiger partial charge is 0.352 e. The first-order valence-electron chi connectivity index (χ1n) is 8.13. The average Bonchev–Trinajstić information content (AvgIpc) is 2.74. The molecule has 0 radical (unpaired) electrons. The summed E-state index contributed by atoms with van der Waals surface area (Å²) in [4.78, 5) is 14.2. The number of aryl methyl sites for hydroxylation is 1. The summed E-state index contributed by atoms with van der Waals surface area (Å²) in [5, 5.41) is 0. The van der Waals surface area contributed by atoms with Crippen LogP contribution in [0.2, 0.25) is 0 Å². The number of hydrogen-bond acceptors (Lipinski definition) is 3. The molecule has 6 nitrogen and oxygen atoms in total. The molecule has 0 aromatic carbocycles. The second kappa shape index (κ2) is 7.05. The fourth-order valence-electron chi connectivity index (χ4n) is 2.99. The molecule has 0 bridgehead atoms. The molecule has 0 saturated carbocycles. The second-order valence-electron chi connectivity index (χ2n) is 6.23. The van der Waals surface area contributed by atoms with Gasteiger partial charge in [-0.25, -0.2) is 8.42 Å². The number of sulfonamides is 1. The van der Waals surface area contributed by atoms with Crippen LogP contribution in [-0.2, 0) is 28.3 Å². The number of carbonyl (C=O) groups excluding carboxylic acids is 1. The Kier molecular flexibility index (Phi) is 5.52. The smallest absolute Gasteiger partial charge is 0.227 e. The topological polar surface area (TPSA) is 62.6 Å². The fourth-order valence-corrected chi connectivity index (χ4v) is 4.48. The van der Waals surface area contributed by atoms with Crippen LogP contribution in [0.3, 0.4) is 0 Å². The first kappa shape index (κ1) is 18.0. The van der Waals surface area contributed by atoms with Gasteiger partial charge in [0.1, 0.15) is 0 Å². The van der Waals surface area contributed by atoms with Crippen molar-refractivity contribution in [2.24, 2.45) is 7.05 Å². The predicted molar refractivity (Wildman–Crippen MR) is 90.8 cm³/mol. The molecule has 23 heavy (non-hydrogen) atoms. The van der Waals surface area contributed by atoms with E-state index in [4.69, 9.17) is 0 Å². The normalized spacial score (nSPS) is 16.8.